The fourth-order valence-corrected chi connectivity index (χ4v) is 4.34. The smallest absolute Gasteiger partial charge is 0.269 e. The third kappa shape index (κ3) is 3.82. The maximum atomic E-state index is 12.8. The molecule has 0 heterocycles. The van der Waals surface area contributed by atoms with Gasteiger partial charge in [-0.1, -0.05) is 25.5 Å². The van der Waals surface area contributed by atoms with E-state index in [9.17, 15) is 14.9 Å². The topological polar surface area (TPSA) is 63.5 Å². The van der Waals surface area contributed by atoms with E-state index in [0.29, 0.717) is 17.9 Å². The summed E-state index contributed by atoms with van der Waals surface area (Å²) in [5.74, 6) is 1.35. The van der Waals surface area contributed by atoms with Crippen LogP contribution in [0.1, 0.15) is 46.1 Å². The zero-order valence-electron chi connectivity index (χ0n) is 16.5. The van der Waals surface area contributed by atoms with Crippen LogP contribution in [0, 0.1) is 27.4 Å². The van der Waals surface area contributed by atoms with Crippen molar-refractivity contribution in [2.24, 2.45) is 17.3 Å². The molecule has 144 valence electrons. The third-order valence-electron chi connectivity index (χ3n) is 6.36. The van der Waals surface area contributed by atoms with Crippen molar-refractivity contribution in [3.8, 4) is 0 Å². The van der Waals surface area contributed by atoms with Gasteiger partial charge in [-0.15, -0.1) is 0 Å². The lowest BCUT2D eigenvalue weighted by Crippen LogP contribution is -2.50. The van der Waals surface area contributed by atoms with Crippen LogP contribution < -0.4 is 0 Å². The van der Waals surface area contributed by atoms with Crippen molar-refractivity contribution in [2.45, 2.75) is 46.6 Å². The molecule has 27 heavy (non-hydrogen) atoms. The fraction of sp³-hybridized carbons (Fsp3) is 0.500. The first-order valence-corrected chi connectivity index (χ1v) is 9.62. The lowest BCUT2D eigenvalue weighted by molar-refractivity contribution is -0.384. The molecular weight excluding hydrogens is 340 g/mol. The van der Waals surface area contributed by atoms with Gasteiger partial charge in [-0.05, 0) is 67.7 Å². The largest absolute Gasteiger partial charge is 0.333 e. The second-order valence-corrected chi connectivity index (χ2v) is 8.56. The van der Waals surface area contributed by atoms with Crippen molar-refractivity contribution in [3.63, 3.8) is 0 Å². The molecule has 4 rings (SSSR count). The number of rotatable bonds is 6. The summed E-state index contributed by atoms with van der Waals surface area (Å²) in [4.78, 5) is 25.0. The Hall–Kier alpha value is -2.43. The van der Waals surface area contributed by atoms with Gasteiger partial charge in [0.2, 0.25) is 5.91 Å². The predicted octanol–water partition coefficient (Wildman–Crippen LogP) is 4.84. The van der Waals surface area contributed by atoms with Crippen molar-refractivity contribution in [2.75, 3.05) is 6.54 Å². The number of allylic oxidation sites excluding steroid dienone is 1. The molecule has 0 radical (unpaired) electrons. The van der Waals surface area contributed by atoms with Gasteiger partial charge in [0.15, 0.2) is 0 Å². The molecule has 0 aliphatic heterocycles. The van der Waals surface area contributed by atoms with E-state index < -0.39 is 4.92 Å². The van der Waals surface area contributed by atoms with Crippen LogP contribution >= 0.6 is 0 Å². The summed E-state index contributed by atoms with van der Waals surface area (Å²) in [6.45, 7) is 9.44. The van der Waals surface area contributed by atoms with Crippen LogP contribution in [0.5, 0.6) is 0 Å². The van der Waals surface area contributed by atoms with E-state index in [4.69, 9.17) is 0 Å². The monoisotopic (exact) mass is 368 g/mol. The van der Waals surface area contributed by atoms with Crippen molar-refractivity contribution in [1.82, 2.24) is 4.90 Å². The summed E-state index contributed by atoms with van der Waals surface area (Å²) in [5, 5.41) is 10.7. The van der Waals surface area contributed by atoms with Crippen LogP contribution in [0.2, 0.25) is 0 Å². The van der Waals surface area contributed by atoms with Crippen molar-refractivity contribution < 1.29 is 9.72 Å². The van der Waals surface area contributed by atoms with Crippen LogP contribution in [-0.4, -0.2) is 28.3 Å². The number of nitro benzene ring substituents is 1. The number of hydrogen-bond donors (Lipinski definition) is 0. The lowest BCUT2D eigenvalue weighted by atomic mass is 9.49. The average molecular weight is 368 g/mol. The number of hydrogen-bond acceptors (Lipinski definition) is 3. The third-order valence-corrected chi connectivity index (χ3v) is 6.36. The molecular formula is C22H28N2O3. The molecule has 0 spiro atoms. The quantitative estimate of drug-likeness (QED) is 0.312. The molecule has 0 aromatic heterocycles. The Kier molecular flexibility index (Phi) is 5.22. The standard InChI is InChI=1S/C22H28N2O3/c1-15(2)23(14-17-8-9-18-13-20(17)22(18,3)4)21(25)12-7-16-5-10-19(11-6-16)24(26)27/h5-8,10-12,15,18,20H,9,13-14H2,1-4H3/b12-7+. The molecule has 0 N–H and O–H groups in total. The second-order valence-electron chi connectivity index (χ2n) is 8.56. The summed E-state index contributed by atoms with van der Waals surface area (Å²) in [6, 6.07) is 6.32. The number of nitrogens with zero attached hydrogens (tertiary/aromatic N) is 2. The summed E-state index contributed by atoms with van der Waals surface area (Å²) in [6.07, 6.45) is 8.00. The van der Waals surface area contributed by atoms with E-state index >= 15 is 0 Å². The van der Waals surface area contributed by atoms with Gasteiger partial charge in [0, 0.05) is 30.8 Å². The minimum Gasteiger partial charge on any atom is -0.333 e. The minimum absolute atomic E-state index is 0.0245. The molecule has 0 saturated heterocycles. The highest BCUT2D eigenvalue weighted by Gasteiger charge is 2.51. The number of non-ortho nitro benzene ring substituents is 1. The number of carbonyl (C=O) groups is 1. The van der Waals surface area contributed by atoms with Crippen LogP contribution in [0.25, 0.3) is 6.08 Å². The first kappa shape index (κ1) is 19.3. The van der Waals surface area contributed by atoms with Crippen LogP contribution in [0.3, 0.4) is 0 Å². The Labute approximate surface area is 160 Å². The van der Waals surface area contributed by atoms with Crippen molar-refractivity contribution in [1.29, 1.82) is 0 Å². The normalized spacial score (nSPS) is 23.1. The zero-order chi connectivity index (χ0) is 19.8. The predicted molar refractivity (Wildman–Crippen MR) is 107 cm³/mol. The molecule has 1 amide bonds. The Morgan fingerprint density at radius 1 is 1.33 bits per heavy atom. The highest BCUT2D eigenvalue weighted by molar-refractivity contribution is 5.92. The maximum Gasteiger partial charge on any atom is 0.269 e. The first-order chi connectivity index (χ1) is 12.7. The van der Waals surface area contributed by atoms with Gasteiger partial charge in [0.25, 0.3) is 5.69 Å². The van der Waals surface area contributed by atoms with Gasteiger partial charge in [0.05, 0.1) is 4.92 Å². The van der Waals surface area contributed by atoms with E-state index in [1.54, 1.807) is 24.3 Å². The first-order valence-electron chi connectivity index (χ1n) is 9.62. The Bertz CT molecular complexity index is 790. The Morgan fingerprint density at radius 3 is 2.52 bits per heavy atom. The Morgan fingerprint density at radius 2 is 2.00 bits per heavy atom. The van der Waals surface area contributed by atoms with Gasteiger partial charge in [-0.3, -0.25) is 14.9 Å². The van der Waals surface area contributed by atoms with Crippen LogP contribution in [0.4, 0.5) is 5.69 Å². The molecule has 1 aromatic carbocycles. The summed E-state index contributed by atoms with van der Waals surface area (Å²) in [5.41, 5.74) is 2.57. The van der Waals surface area contributed by atoms with Gasteiger partial charge in [-0.25, -0.2) is 0 Å². The van der Waals surface area contributed by atoms with Crippen LogP contribution in [0.15, 0.2) is 42.0 Å². The van der Waals surface area contributed by atoms with Crippen molar-refractivity contribution >= 4 is 17.7 Å². The van der Waals surface area contributed by atoms with Crippen LogP contribution in [-0.2, 0) is 4.79 Å². The SMILES string of the molecule is CC(C)N(CC1=CCC2CC1C2(C)C)C(=O)/C=C/c1ccc([N+](=O)[O-])cc1. The summed E-state index contributed by atoms with van der Waals surface area (Å²) < 4.78 is 0. The molecule has 3 aliphatic rings. The number of fused-ring (bicyclic) bond motifs is 1. The Balaban J connectivity index is 1.69. The van der Waals surface area contributed by atoms with E-state index in [1.807, 2.05) is 18.7 Å². The van der Waals surface area contributed by atoms with E-state index in [0.717, 1.165) is 17.9 Å². The number of amides is 1. The maximum absolute atomic E-state index is 12.8. The molecule has 2 unspecified atom stereocenters. The van der Waals surface area contributed by atoms with Gasteiger partial charge < -0.3 is 4.90 Å². The molecule has 3 aliphatic carbocycles. The number of carbonyl (C=O) groups excluding carboxylic acids is 1. The van der Waals surface area contributed by atoms with E-state index in [-0.39, 0.29) is 17.6 Å². The average Bonchev–Trinajstić information content (AvgIpc) is 2.64. The van der Waals surface area contributed by atoms with Crippen molar-refractivity contribution in [3.05, 3.63) is 57.7 Å². The molecule has 1 fully saturated rings. The molecule has 2 atom stereocenters. The highest BCUT2D eigenvalue weighted by atomic mass is 16.6. The minimum atomic E-state index is -0.427. The molecule has 5 heteroatoms. The summed E-state index contributed by atoms with van der Waals surface area (Å²) in [7, 11) is 0. The molecule has 5 nitrogen and oxygen atoms in total. The molecule has 1 saturated carbocycles. The van der Waals surface area contributed by atoms with Gasteiger partial charge >= 0.3 is 0 Å². The number of benzene rings is 1. The summed E-state index contributed by atoms with van der Waals surface area (Å²) >= 11 is 0. The fourth-order valence-electron chi connectivity index (χ4n) is 4.34. The molecule has 2 bridgehead atoms. The second kappa shape index (κ2) is 7.29. The highest BCUT2D eigenvalue weighted by Crippen LogP contribution is 2.59. The van der Waals surface area contributed by atoms with Gasteiger partial charge in [0.1, 0.15) is 0 Å². The molecule has 1 aromatic rings. The zero-order valence-corrected chi connectivity index (χ0v) is 16.5. The lowest BCUT2D eigenvalue weighted by Gasteiger charge is -2.57. The van der Waals surface area contributed by atoms with Gasteiger partial charge in [-0.2, -0.15) is 0 Å². The number of nitro groups is 1. The van der Waals surface area contributed by atoms with E-state index in [1.165, 1.54) is 24.1 Å². The van der Waals surface area contributed by atoms with E-state index in [2.05, 4.69) is 19.9 Å².